The highest BCUT2D eigenvalue weighted by Crippen LogP contribution is 2.24. The summed E-state index contributed by atoms with van der Waals surface area (Å²) in [7, 11) is 2.32. The summed E-state index contributed by atoms with van der Waals surface area (Å²) in [5, 5.41) is 7.65. The highest BCUT2D eigenvalue weighted by atomic mass is 14.9. The summed E-state index contributed by atoms with van der Waals surface area (Å²) in [6.45, 7) is 15.0. The van der Waals surface area contributed by atoms with Crippen LogP contribution in [-0.4, -0.2) is 33.5 Å². The van der Waals surface area contributed by atoms with Crippen LogP contribution >= 0.6 is 0 Å². The van der Waals surface area contributed by atoms with Gasteiger partial charge in [0.2, 0.25) is 0 Å². The fraction of sp³-hybridized carbons (Fsp3) is 1.00. The van der Waals surface area contributed by atoms with Gasteiger partial charge in [-0.05, 0) is 58.2 Å². The Kier molecular flexibility index (Phi) is 10.7. The molecule has 2 N–H and O–H groups in total. The molecule has 2 nitrogen and oxygen atoms in total. The standard InChI is InChI=1S/C16H37BN2/c1-14(2)9-13-19-15(3)8-6-11-18-12-7-10-16(4,5)17/h14-15,18-19H,6-13,17H2,1-5H3. The zero-order chi connectivity index (χ0) is 14.7. The second-order valence-electron chi connectivity index (χ2n) is 7.59. The maximum absolute atomic E-state index is 3.61. The number of hydrogen-bond donors (Lipinski definition) is 2. The van der Waals surface area contributed by atoms with Gasteiger partial charge in [0.15, 0.2) is 0 Å². The van der Waals surface area contributed by atoms with Gasteiger partial charge in [0.05, 0.1) is 0 Å². The van der Waals surface area contributed by atoms with E-state index in [-0.39, 0.29) is 0 Å². The van der Waals surface area contributed by atoms with E-state index in [9.17, 15) is 0 Å². The summed E-state index contributed by atoms with van der Waals surface area (Å²) < 4.78 is 0. The zero-order valence-corrected chi connectivity index (χ0v) is 14.3. The molecule has 0 aromatic heterocycles. The molecule has 114 valence electrons. The third-order valence-electron chi connectivity index (χ3n) is 3.49. The molecule has 0 heterocycles. The molecule has 0 rings (SSSR count). The third-order valence-corrected chi connectivity index (χ3v) is 3.49. The van der Waals surface area contributed by atoms with Gasteiger partial charge in [0, 0.05) is 6.04 Å². The highest BCUT2D eigenvalue weighted by molar-refractivity contribution is 6.14. The van der Waals surface area contributed by atoms with Gasteiger partial charge in [0.1, 0.15) is 7.85 Å². The Morgan fingerprint density at radius 3 is 2.16 bits per heavy atom. The fourth-order valence-electron chi connectivity index (χ4n) is 2.12. The van der Waals surface area contributed by atoms with Crippen molar-refractivity contribution in [1.82, 2.24) is 10.6 Å². The molecule has 0 saturated carbocycles. The number of rotatable bonds is 12. The monoisotopic (exact) mass is 268 g/mol. The molecule has 0 bridgehead atoms. The summed E-state index contributed by atoms with van der Waals surface area (Å²) in [5.74, 6) is 0.809. The van der Waals surface area contributed by atoms with Crippen LogP contribution in [0, 0.1) is 5.92 Å². The first-order valence-electron chi connectivity index (χ1n) is 8.25. The van der Waals surface area contributed by atoms with Crippen LogP contribution in [0.3, 0.4) is 0 Å². The van der Waals surface area contributed by atoms with E-state index >= 15 is 0 Å². The predicted molar refractivity (Wildman–Crippen MR) is 90.8 cm³/mol. The van der Waals surface area contributed by atoms with Gasteiger partial charge in [-0.1, -0.05) is 39.4 Å². The van der Waals surface area contributed by atoms with Crippen molar-refractivity contribution < 1.29 is 0 Å². The van der Waals surface area contributed by atoms with Crippen LogP contribution in [0.4, 0.5) is 0 Å². The summed E-state index contributed by atoms with van der Waals surface area (Å²) in [6, 6.07) is 0.662. The molecule has 0 aliphatic carbocycles. The Balaban J connectivity index is 3.25. The van der Waals surface area contributed by atoms with Crippen LogP contribution in [0.15, 0.2) is 0 Å². The van der Waals surface area contributed by atoms with Crippen molar-refractivity contribution in [3.8, 4) is 0 Å². The maximum atomic E-state index is 3.61. The van der Waals surface area contributed by atoms with E-state index in [1.807, 2.05) is 0 Å². The molecule has 0 radical (unpaired) electrons. The fourth-order valence-corrected chi connectivity index (χ4v) is 2.12. The molecule has 0 fully saturated rings. The minimum absolute atomic E-state index is 0.483. The van der Waals surface area contributed by atoms with E-state index in [4.69, 9.17) is 0 Å². The third kappa shape index (κ3) is 15.9. The lowest BCUT2D eigenvalue weighted by atomic mass is 9.69. The van der Waals surface area contributed by atoms with Gasteiger partial charge in [-0.15, -0.1) is 0 Å². The molecule has 1 unspecified atom stereocenters. The zero-order valence-electron chi connectivity index (χ0n) is 14.3. The van der Waals surface area contributed by atoms with Crippen molar-refractivity contribution in [1.29, 1.82) is 0 Å². The van der Waals surface area contributed by atoms with Crippen molar-refractivity contribution >= 4 is 7.85 Å². The van der Waals surface area contributed by atoms with Crippen molar-refractivity contribution in [2.24, 2.45) is 5.92 Å². The molecule has 1 atom stereocenters. The van der Waals surface area contributed by atoms with E-state index in [1.54, 1.807) is 0 Å². The Hall–Kier alpha value is -0.0151. The lowest BCUT2D eigenvalue weighted by Gasteiger charge is -2.18. The number of hydrogen-bond acceptors (Lipinski definition) is 2. The van der Waals surface area contributed by atoms with E-state index in [2.05, 4.69) is 53.1 Å². The van der Waals surface area contributed by atoms with E-state index in [0.29, 0.717) is 11.4 Å². The quantitative estimate of drug-likeness (QED) is 0.420. The van der Waals surface area contributed by atoms with Gasteiger partial charge in [-0.25, -0.2) is 0 Å². The molecule has 0 aliphatic rings. The second kappa shape index (κ2) is 10.7. The van der Waals surface area contributed by atoms with Crippen LogP contribution in [0.5, 0.6) is 0 Å². The first-order valence-corrected chi connectivity index (χ1v) is 8.25. The topological polar surface area (TPSA) is 24.1 Å². The summed E-state index contributed by atoms with van der Waals surface area (Å²) in [5.41, 5.74) is 0. The first-order chi connectivity index (χ1) is 8.81. The molecule has 0 aromatic rings. The van der Waals surface area contributed by atoms with E-state index in [0.717, 1.165) is 12.5 Å². The van der Waals surface area contributed by atoms with Crippen LogP contribution in [0.25, 0.3) is 0 Å². The van der Waals surface area contributed by atoms with Gasteiger partial charge in [-0.2, -0.15) is 0 Å². The molecule has 19 heavy (non-hydrogen) atoms. The molecule has 0 amide bonds. The molecular formula is C16H37BN2. The lowest BCUT2D eigenvalue weighted by Crippen LogP contribution is -2.29. The summed E-state index contributed by atoms with van der Waals surface area (Å²) in [6.07, 6.45) is 6.46. The molecule has 0 aliphatic heterocycles. The molecule has 3 heteroatoms. The van der Waals surface area contributed by atoms with Crippen molar-refractivity contribution in [3.63, 3.8) is 0 Å². The average molecular weight is 268 g/mol. The van der Waals surface area contributed by atoms with Crippen LogP contribution < -0.4 is 10.6 Å². The second-order valence-corrected chi connectivity index (χ2v) is 7.59. The van der Waals surface area contributed by atoms with Crippen molar-refractivity contribution in [2.75, 3.05) is 19.6 Å². The first kappa shape index (κ1) is 19.0. The van der Waals surface area contributed by atoms with E-state index in [1.165, 1.54) is 45.2 Å². The summed E-state index contributed by atoms with van der Waals surface area (Å²) >= 11 is 0. The Morgan fingerprint density at radius 1 is 0.947 bits per heavy atom. The molecular weight excluding hydrogens is 231 g/mol. The van der Waals surface area contributed by atoms with Crippen molar-refractivity contribution in [2.45, 2.75) is 78.1 Å². The number of nitrogens with one attached hydrogen (secondary N) is 2. The van der Waals surface area contributed by atoms with E-state index < -0.39 is 0 Å². The minimum atomic E-state index is 0.483. The maximum Gasteiger partial charge on any atom is 0.108 e. The van der Waals surface area contributed by atoms with Crippen LogP contribution in [-0.2, 0) is 0 Å². The Bertz CT molecular complexity index is 199. The van der Waals surface area contributed by atoms with Crippen LogP contribution in [0.1, 0.15) is 66.7 Å². The summed E-state index contributed by atoms with van der Waals surface area (Å²) in [4.78, 5) is 0. The Labute approximate surface area is 122 Å². The van der Waals surface area contributed by atoms with Gasteiger partial charge >= 0.3 is 0 Å². The van der Waals surface area contributed by atoms with Crippen LogP contribution in [0.2, 0.25) is 5.31 Å². The molecule has 0 aromatic carbocycles. The predicted octanol–water partition coefficient (Wildman–Crippen LogP) is 2.99. The average Bonchev–Trinajstić information content (AvgIpc) is 2.25. The SMILES string of the molecule is BC(C)(C)CCCNCCCC(C)NCCC(C)C. The Morgan fingerprint density at radius 2 is 1.58 bits per heavy atom. The lowest BCUT2D eigenvalue weighted by molar-refractivity contribution is 0.452. The van der Waals surface area contributed by atoms with Gasteiger partial charge < -0.3 is 10.6 Å². The minimum Gasteiger partial charge on any atom is -0.317 e. The van der Waals surface area contributed by atoms with Gasteiger partial charge in [-0.3, -0.25) is 0 Å². The molecule has 0 spiro atoms. The normalized spacial score (nSPS) is 14.0. The largest absolute Gasteiger partial charge is 0.317 e. The highest BCUT2D eigenvalue weighted by Gasteiger charge is 2.08. The van der Waals surface area contributed by atoms with Gasteiger partial charge in [0.25, 0.3) is 0 Å². The molecule has 0 saturated heterocycles. The van der Waals surface area contributed by atoms with Crippen molar-refractivity contribution in [3.05, 3.63) is 0 Å². The smallest absolute Gasteiger partial charge is 0.108 e.